The zero-order chi connectivity index (χ0) is 19.7. The summed E-state index contributed by atoms with van der Waals surface area (Å²) in [7, 11) is 0. The maximum absolute atomic E-state index is 12.2. The number of amides is 1. The van der Waals surface area contributed by atoms with E-state index < -0.39 is 0 Å². The molecule has 0 bridgehead atoms. The van der Waals surface area contributed by atoms with Crippen LogP contribution in [0.1, 0.15) is 22.7 Å². The Kier molecular flexibility index (Phi) is 4.48. The van der Waals surface area contributed by atoms with Gasteiger partial charge in [0.1, 0.15) is 17.8 Å². The molecule has 1 aromatic carbocycles. The molecular formula is C19H19N7O2. The van der Waals surface area contributed by atoms with Crippen molar-refractivity contribution < 1.29 is 9.32 Å². The average Bonchev–Trinajstić information content (AvgIpc) is 3.34. The van der Waals surface area contributed by atoms with E-state index in [2.05, 4.69) is 26.0 Å². The third-order valence-corrected chi connectivity index (χ3v) is 4.42. The normalized spacial score (nSPS) is 11.5. The van der Waals surface area contributed by atoms with Crippen molar-refractivity contribution in [1.29, 1.82) is 0 Å². The van der Waals surface area contributed by atoms with E-state index in [1.165, 1.54) is 0 Å². The van der Waals surface area contributed by atoms with Crippen LogP contribution in [-0.4, -0.2) is 36.8 Å². The molecule has 0 aliphatic heterocycles. The van der Waals surface area contributed by atoms with Crippen molar-refractivity contribution in [2.24, 2.45) is 5.10 Å². The molecule has 0 aliphatic carbocycles. The summed E-state index contributed by atoms with van der Waals surface area (Å²) in [4.78, 5) is 12.2. The highest BCUT2D eigenvalue weighted by Crippen LogP contribution is 2.19. The van der Waals surface area contributed by atoms with Crippen molar-refractivity contribution in [3.05, 3.63) is 59.1 Å². The number of nitrogens with one attached hydrogen (secondary N) is 1. The number of hydrazone groups is 1. The Labute approximate surface area is 160 Å². The van der Waals surface area contributed by atoms with E-state index in [0.29, 0.717) is 5.82 Å². The molecule has 4 aromatic rings. The second-order valence-electron chi connectivity index (χ2n) is 6.49. The summed E-state index contributed by atoms with van der Waals surface area (Å²) in [6, 6.07) is 11.3. The van der Waals surface area contributed by atoms with Gasteiger partial charge in [-0.3, -0.25) is 9.36 Å². The standard InChI is InChI=1S/C19H19N7O2/c1-12-8-15(14(3)26(12)18-9-13(2)28-23-18)10-20-22-19(27)11-25-17-7-5-4-6-16(17)21-24-25/h4-10H,11H2,1-3H3,(H,22,27)/b20-10-. The van der Waals surface area contributed by atoms with Crippen molar-refractivity contribution in [3.63, 3.8) is 0 Å². The quantitative estimate of drug-likeness (QED) is 0.424. The largest absolute Gasteiger partial charge is 0.360 e. The minimum absolute atomic E-state index is 0.0368. The molecule has 1 amide bonds. The molecule has 0 saturated heterocycles. The molecule has 0 unspecified atom stereocenters. The molecule has 3 heterocycles. The maximum atomic E-state index is 12.2. The van der Waals surface area contributed by atoms with Gasteiger partial charge in [0.05, 0.1) is 11.7 Å². The first-order valence-corrected chi connectivity index (χ1v) is 8.75. The van der Waals surface area contributed by atoms with Crippen LogP contribution in [-0.2, 0) is 11.3 Å². The van der Waals surface area contributed by atoms with Crippen LogP contribution >= 0.6 is 0 Å². The summed E-state index contributed by atoms with van der Waals surface area (Å²) in [5.41, 5.74) is 6.90. The number of nitrogens with zero attached hydrogens (tertiary/aromatic N) is 6. The highest BCUT2D eigenvalue weighted by molar-refractivity contribution is 5.84. The van der Waals surface area contributed by atoms with Gasteiger partial charge < -0.3 is 4.52 Å². The van der Waals surface area contributed by atoms with Crippen LogP contribution in [0, 0.1) is 20.8 Å². The Morgan fingerprint density at radius 3 is 2.86 bits per heavy atom. The number of hydrogen-bond donors (Lipinski definition) is 1. The smallest absolute Gasteiger partial charge is 0.261 e. The Hall–Kier alpha value is -3.75. The van der Waals surface area contributed by atoms with E-state index in [1.807, 2.05) is 61.7 Å². The summed E-state index contributed by atoms with van der Waals surface area (Å²) in [5.74, 6) is 1.17. The highest BCUT2D eigenvalue weighted by Gasteiger charge is 2.13. The van der Waals surface area contributed by atoms with Crippen molar-refractivity contribution in [1.82, 2.24) is 30.1 Å². The molecule has 28 heavy (non-hydrogen) atoms. The fourth-order valence-electron chi connectivity index (χ4n) is 3.11. The van der Waals surface area contributed by atoms with Gasteiger partial charge in [-0.1, -0.05) is 22.5 Å². The monoisotopic (exact) mass is 377 g/mol. The minimum atomic E-state index is -0.284. The fourth-order valence-corrected chi connectivity index (χ4v) is 3.11. The number of rotatable bonds is 5. The third-order valence-electron chi connectivity index (χ3n) is 4.42. The molecule has 3 aromatic heterocycles. The molecule has 4 rings (SSSR count). The van der Waals surface area contributed by atoms with Crippen LogP contribution in [0.25, 0.3) is 16.9 Å². The molecule has 0 saturated carbocycles. The van der Waals surface area contributed by atoms with Crippen molar-refractivity contribution in [2.45, 2.75) is 27.3 Å². The molecule has 9 nitrogen and oxygen atoms in total. The summed E-state index contributed by atoms with van der Waals surface area (Å²) in [6.45, 7) is 5.82. The number of fused-ring (bicyclic) bond motifs is 1. The minimum Gasteiger partial charge on any atom is -0.360 e. The zero-order valence-electron chi connectivity index (χ0n) is 15.7. The van der Waals surface area contributed by atoms with Gasteiger partial charge in [0, 0.05) is 23.0 Å². The van der Waals surface area contributed by atoms with Crippen LogP contribution in [0.5, 0.6) is 0 Å². The SMILES string of the molecule is Cc1cc(-n2c(C)cc(/C=N\NC(=O)Cn3nnc4ccccc43)c2C)no1. The number of carbonyl (C=O) groups is 1. The van der Waals surface area contributed by atoms with E-state index in [9.17, 15) is 4.79 Å². The Morgan fingerprint density at radius 1 is 1.25 bits per heavy atom. The topological polar surface area (TPSA) is 103 Å². The molecule has 0 fully saturated rings. The number of carbonyl (C=O) groups excluding carboxylic acids is 1. The molecule has 0 spiro atoms. The predicted molar refractivity (Wildman–Crippen MR) is 103 cm³/mol. The molecule has 0 aliphatic rings. The molecule has 9 heteroatoms. The lowest BCUT2D eigenvalue weighted by Gasteiger charge is -2.04. The van der Waals surface area contributed by atoms with Crippen molar-refractivity contribution in [2.75, 3.05) is 0 Å². The first-order valence-electron chi connectivity index (χ1n) is 8.75. The second kappa shape index (κ2) is 7.10. The number of para-hydroxylation sites is 1. The highest BCUT2D eigenvalue weighted by atomic mass is 16.5. The van der Waals surface area contributed by atoms with E-state index in [4.69, 9.17) is 4.52 Å². The lowest BCUT2D eigenvalue weighted by atomic mass is 10.3. The molecule has 0 atom stereocenters. The molecular weight excluding hydrogens is 358 g/mol. The van der Waals surface area contributed by atoms with Gasteiger partial charge in [0.25, 0.3) is 5.91 Å². The van der Waals surface area contributed by atoms with Gasteiger partial charge in [0.15, 0.2) is 5.82 Å². The number of benzene rings is 1. The van der Waals surface area contributed by atoms with Crippen LogP contribution < -0.4 is 5.43 Å². The van der Waals surface area contributed by atoms with E-state index >= 15 is 0 Å². The third kappa shape index (κ3) is 3.29. The first kappa shape index (κ1) is 17.7. The lowest BCUT2D eigenvalue weighted by molar-refractivity contribution is -0.121. The summed E-state index contributed by atoms with van der Waals surface area (Å²) in [5, 5.41) is 16.2. The zero-order valence-corrected chi connectivity index (χ0v) is 15.7. The van der Waals surface area contributed by atoms with Crippen LogP contribution in [0.15, 0.2) is 46.0 Å². The summed E-state index contributed by atoms with van der Waals surface area (Å²) in [6.07, 6.45) is 1.61. The number of aromatic nitrogens is 5. The number of hydrogen-bond acceptors (Lipinski definition) is 6. The van der Waals surface area contributed by atoms with Gasteiger partial charge >= 0.3 is 0 Å². The molecule has 0 radical (unpaired) electrons. The average molecular weight is 377 g/mol. The van der Waals surface area contributed by atoms with E-state index in [1.54, 1.807) is 10.9 Å². The van der Waals surface area contributed by atoms with Gasteiger partial charge in [-0.2, -0.15) is 5.10 Å². The molecule has 142 valence electrons. The van der Waals surface area contributed by atoms with Gasteiger partial charge in [-0.25, -0.2) is 10.1 Å². The fraction of sp³-hybridized carbons (Fsp3) is 0.211. The Morgan fingerprint density at radius 2 is 2.07 bits per heavy atom. The van der Waals surface area contributed by atoms with E-state index in [0.717, 1.165) is 33.7 Å². The molecule has 1 N–H and O–H groups in total. The summed E-state index contributed by atoms with van der Waals surface area (Å²) >= 11 is 0. The lowest BCUT2D eigenvalue weighted by Crippen LogP contribution is -2.23. The van der Waals surface area contributed by atoms with Gasteiger partial charge in [0.2, 0.25) is 0 Å². The van der Waals surface area contributed by atoms with Crippen LogP contribution in [0.4, 0.5) is 0 Å². The van der Waals surface area contributed by atoms with Crippen molar-refractivity contribution >= 4 is 23.2 Å². The summed E-state index contributed by atoms with van der Waals surface area (Å²) < 4.78 is 8.67. The van der Waals surface area contributed by atoms with E-state index in [-0.39, 0.29) is 12.5 Å². The van der Waals surface area contributed by atoms with Crippen molar-refractivity contribution in [3.8, 4) is 5.82 Å². The van der Waals surface area contributed by atoms with Crippen LogP contribution in [0.3, 0.4) is 0 Å². The van der Waals surface area contributed by atoms with Gasteiger partial charge in [-0.05, 0) is 39.0 Å². The predicted octanol–water partition coefficient (Wildman–Crippen LogP) is 2.29. The Bertz CT molecular complexity index is 1180. The maximum Gasteiger partial charge on any atom is 0.261 e. The first-order chi connectivity index (χ1) is 13.5. The number of aryl methyl sites for hydroxylation is 2. The second-order valence-corrected chi connectivity index (χ2v) is 6.49. The van der Waals surface area contributed by atoms with Gasteiger partial charge in [-0.15, -0.1) is 5.10 Å². The Balaban J connectivity index is 1.45. The van der Waals surface area contributed by atoms with Crippen LogP contribution in [0.2, 0.25) is 0 Å².